The Labute approximate surface area is 124 Å². The number of H-pyrrole nitrogens is 1. The molecule has 0 saturated heterocycles. The number of rotatable bonds is 5. The van der Waals surface area contributed by atoms with Crippen LogP contribution >= 0.6 is 27.5 Å². The predicted molar refractivity (Wildman–Crippen MR) is 77.7 cm³/mol. The summed E-state index contributed by atoms with van der Waals surface area (Å²) in [5, 5.41) is 17.3. The van der Waals surface area contributed by atoms with Crippen LogP contribution in [0, 0.1) is 11.3 Å². The molecule has 0 aliphatic heterocycles. The molecule has 2 aromatic rings. The van der Waals surface area contributed by atoms with Gasteiger partial charge in [0.25, 0.3) is 0 Å². The van der Waals surface area contributed by atoms with Crippen LogP contribution in [0.2, 0.25) is 5.02 Å². The van der Waals surface area contributed by atoms with E-state index < -0.39 is 0 Å². The SMILES string of the molecule is N#Cc1ccc(Cl)c(OCCCBr)c1-c1ccn[nH]1. The minimum absolute atomic E-state index is 0.484. The third-order valence-electron chi connectivity index (χ3n) is 2.52. The molecular formula is C13H11BrClN3O. The van der Waals surface area contributed by atoms with E-state index in [0.29, 0.717) is 34.2 Å². The number of benzene rings is 1. The summed E-state index contributed by atoms with van der Waals surface area (Å²) < 4.78 is 5.71. The molecule has 19 heavy (non-hydrogen) atoms. The van der Waals surface area contributed by atoms with Crippen LogP contribution in [0.5, 0.6) is 5.75 Å². The number of ether oxygens (including phenoxy) is 1. The maximum Gasteiger partial charge on any atom is 0.148 e. The fourth-order valence-corrected chi connectivity index (χ4v) is 2.12. The van der Waals surface area contributed by atoms with Gasteiger partial charge in [-0.05, 0) is 24.6 Å². The zero-order valence-corrected chi connectivity index (χ0v) is 12.3. The topological polar surface area (TPSA) is 61.7 Å². The molecule has 0 bridgehead atoms. The van der Waals surface area contributed by atoms with Gasteiger partial charge in [-0.15, -0.1) is 0 Å². The van der Waals surface area contributed by atoms with Gasteiger partial charge in [0.05, 0.1) is 34.5 Å². The monoisotopic (exact) mass is 339 g/mol. The van der Waals surface area contributed by atoms with Crippen molar-refractivity contribution >= 4 is 27.5 Å². The molecule has 0 radical (unpaired) electrons. The van der Waals surface area contributed by atoms with Crippen molar-refractivity contribution in [2.24, 2.45) is 0 Å². The molecule has 0 fully saturated rings. The predicted octanol–water partition coefficient (Wildman–Crippen LogP) is 3.77. The summed E-state index contributed by atoms with van der Waals surface area (Å²) in [6, 6.07) is 7.27. The quantitative estimate of drug-likeness (QED) is 0.666. The summed E-state index contributed by atoms with van der Waals surface area (Å²) in [5.74, 6) is 0.519. The molecule has 0 spiro atoms. The fraction of sp³-hybridized carbons (Fsp3) is 0.231. The summed E-state index contributed by atoms with van der Waals surface area (Å²) in [7, 11) is 0. The van der Waals surface area contributed by atoms with Gasteiger partial charge in [0.2, 0.25) is 0 Å². The van der Waals surface area contributed by atoms with Crippen LogP contribution in [0.3, 0.4) is 0 Å². The number of nitrogens with one attached hydrogen (secondary N) is 1. The molecule has 0 aliphatic rings. The Hall–Kier alpha value is -1.51. The van der Waals surface area contributed by atoms with Crippen LogP contribution in [0.4, 0.5) is 0 Å². The Morgan fingerprint density at radius 3 is 2.89 bits per heavy atom. The lowest BCUT2D eigenvalue weighted by molar-refractivity contribution is 0.320. The lowest BCUT2D eigenvalue weighted by atomic mass is 10.0. The van der Waals surface area contributed by atoms with E-state index in [-0.39, 0.29) is 0 Å². The molecule has 0 unspecified atom stereocenters. The summed E-state index contributed by atoms with van der Waals surface area (Å²) >= 11 is 9.52. The molecule has 0 atom stereocenters. The third-order valence-corrected chi connectivity index (χ3v) is 3.38. The highest BCUT2D eigenvalue weighted by Gasteiger charge is 2.16. The van der Waals surface area contributed by atoms with Crippen LogP contribution in [0.25, 0.3) is 11.3 Å². The number of nitrogens with zero attached hydrogens (tertiary/aromatic N) is 2. The molecule has 0 saturated carbocycles. The van der Waals surface area contributed by atoms with E-state index in [4.69, 9.17) is 16.3 Å². The highest BCUT2D eigenvalue weighted by Crippen LogP contribution is 2.38. The number of alkyl halides is 1. The second-order valence-electron chi connectivity index (χ2n) is 3.77. The highest BCUT2D eigenvalue weighted by atomic mass is 79.9. The standard InChI is InChI=1S/C13H11BrClN3O/c14-5-1-7-19-13-10(15)3-2-9(8-16)12(13)11-4-6-17-18-11/h2-4,6H,1,5,7H2,(H,17,18). The average Bonchev–Trinajstić information content (AvgIpc) is 2.94. The molecule has 98 valence electrons. The Morgan fingerprint density at radius 2 is 2.26 bits per heavy atom. The Morgan fingerprint density at radius 1 is 1.42 bits per heavy atom. The van der Waals surface area contributed by atoms with E-state index >= 15 is 0 Å². The number of hydrogen-bond donors (Lipinski definition) is 1. The molecule has 1 aromatic heterocycles. The average molecular weight is 341 g/mol. The van der Waals surface area contributed by atoms with Gasteiger partial charge in [0.15, 0.2) is 0 Å². The summed E-state index contributed by atoms with van der Waals surface area (Å²) in [6.07, 6.45) is 2.48. The van der Waals surface area contributed by atoms with Crippen molar-refractivity contribution in [3.63, 3.8) is 0 Å². The van der Waals surface area contributed by atoms with Gasteiger partial charge in [0, 0.05) is 11.5 Å². The third kappa shape index (κ3) is 3.09. The van der Waals surface area contributed by atoms with Crippen molar-refractivity contribution in [3.05, 3.63) is 35.0 Å². The van der Waals surface area contributed by atoms with Crippen LogP contribution in [0.1, 0.15) is 12.0 Å². The molecule has 2 rings (SSSR count). The van der Waals surface area contributed by atoms with Crippen LogP contribution < -0.4 is 4.74 Å². The minimum Gasteiger partial charge on any atom is -0.491 e. The summed E-state index contributed by atoms with van der Waals surface area (Å²) in [4.78, 5) is 0. The zero-order valence-electron chi connectivity index (χ0n) is 9.99. The molecule has 1 N–H and O–H groups in total. The lowest BCUT2D eigenvalue weighted by Gasteiger charge is -2.13. The van der Waals surface area contributed by atoms with Crippen molar-refractivity contribution in [1.29, 1.82) is 5.26 Å². The van der Waals surface area contributed by atoms with E-state index in [0.717, 1.165) is 11.8 Å². The van der Waals surface area contributed by atoms with Crippen molar-refractivity contribution in [2.75, 3.05) is 11.9 Å². The van der Waals surface area contributed by atoms with Crippen LogP contribution in [-0.2, 0) is 0 Å². The second kappa shape index (κ2) is 6.60. The minimum atomic E-state index is 0.484. The first-order valence-corrected chi connectivity index (χ1v) is 7.19. The van der Waals surface area contributed by atoms with Crippen LogP contribution in [-0.4, -0.2) is 22.1 Å². The number of aromatic nitrogens is 2. The van der Waals surface area contributed by atoms with E-state index in [1.807, 2.05) is 0 Å². The number of aromatic amines is 1. The number of hydrogen-bond acceptors (Lipinski definition) is 3. The van der Waals surface area contributed by atoms with Crippen molar-refractivity contribution < 1.29 is 4.74 Å². The first-order chi connectivity index (χ1) is 9.27. The highest BCUT2D eigenvalue weighted by molar-refractivity contribution is 9.09. The zero-order chi connectivity index (χ0) is 13.7. The molecule has 1 aromatic carbocycles. The van der Waals surface area contributed by atoms with Gasteiger partial charge >= 0.3 is 0 Å². The molecular weight excluding hydrogens is 330 g/mol. The van der Waals surface area contributed by atoms with Crippen molar-refractivity contribution in [2.45, 2.75) is 6.42 Å². The van der Waals surface area contributed by atoms with E-state index in [2.05, 4.69) is 32.2 Å². The molecule has 4 nitrogen and oxygen atoms in total. The second-order valence-corrected chi connectivity index (χ2v) is 4.97. The summed E-state index contributed by atoms with van der Waals surface area (Å²) in [5.41, 5.74) is 1.87. The normalized spacial score (nSPS) is 10.2. The van der Waals surface area contributed by atoms with Crippen molar-refractivity contribution in [1.82, 2.24) is 10.2 Å². The lowest BCUT2D eigenvalue weighted by Crippen LogP contribution is -2.01. The van der Waals surface area contributed by atoms with Crippen LogP contribution in [0.15, 0.2) is 24.4 Å². The Kier molecular flexibility index (Phi) is 4.83. The van der Waals surface area contributed by atoms with Gasteiger partial charge in [-0.2, -0.15) is 10.4 Å². The maximum atomic E-state index is 9.21. The van der Waals surface area contributed by atoms with E-state index in [1.54, 1.807) is 24.4 Å². The Bertz CT molecular complexity index is 593. The van der Waals surface area contributed by atoms with Gasteiger partial charge in [0.1, 0.15) is 5.75 Å². The van der Waals surface area contributed by atoms with Gasteiger partial charge in [-0.25, -0.2) is 0 Å². The van der Waals surface area contributed by atoms with E-state index in [9.17, 15) is 5.26 Å². The molecule has 6 heteroatoms. The molecule has 0 aliphatic carbocycles. The smallest absolute Gasteiger partial charge is 0.148 e. The summed E-state index contributed by atoms with van der Waals surface area (Å²) in [6.45, 7) is 0.529. The number of nitriles is 1. The van der Waals surface area contributed by atoms with Crippen molar-refractivity contribution in [3.8, 4) is 23.1 Å². The maximum absolute atomic E-state index is 9.21. The van der Waals surface area contributed by atoms with Gasteiger partial charge in [-0.3, -0.25) is 5.10 Å². The van der Waals surface area contributed by atoms with Gasteiger partial charge < -0.3 is 4.74 Å². The molecule has 0 amide bonds. The first-order valence-electron chi connectivity index (χ1n) is 5.69. The largest absolute Gasteiger partial charge is 0.491 e. The van der Waals surface area contributed by atoms with E-state index in [1.165, 1.54) is 0 Å². The first kappa shape index (κ1) is 13.9. The van der Waals surface area contributed by atoms with Gasteiger partial charge in [-0.1, -0.05) is 27.5 Å². The number of halogens is 2. The molecule has 1 heterocycles. The Balaban J connectivity index is 2.47. The fourth-order valence-electron chi connectivity index (χ4n) is 1.68.